The van der Waals surface area contributed by atoms with Crippen molar-refractivity contribution >= 4 is 17.7 Å². The minimum Gasteiger partial charge on any atom is -0.480 e. The molecule has 0 aliphatic heterocycles. The fraction of sp³-hybridized carbons (Fsp3) is 0.500. The van der Waals surface area contributed by atoms with E-state index in [0.29, 0.717) is 0 Å². The molecule has 0 radical (unpaired) electrons. The van der Waals surface area contributed by atoms with Crippen molar-refractivity contribution in [2.75, 3.05) is 0 Å². The summed E-state index contributed by atoms with van der Waals surface area (Å²) in [7, 11) is 0. The van der Waals surface area contributed by atoms with Crippen molar-refractivity contribution in [1.29, 1.82) is 0 Å². The van der Waals surface area contributed by atoms with Gasteiger partial charge in [0, 0.05) is 10.5 Å². The van der Waals surface area contributed by atoms with Gasteiger partial charge < -0.3 is 10.8 Å². The lowest BCUT2D eigenvalue weighted by Crippen LogP contribution is -2.46. The Balaban J connectivity index is 2.72. The van der Waals surface area contributed by atoms with Crippen LogP contribution in [0.1, 0.15) is 30.5 Å². The van der Waals surface area contributed by atoms with Crippen LogP contribution in [-0.4, -0.2) is 21.9 Å². The monoisotopic (exact) mass is 267 g/mol. The minimum atomic E-state index is -0.951. The van der Waals surface area contributed by atoms with Crippen LogP contribution in [0.3, 0.4) is 0 Å². The molecule has 100 valence electrons. The lowest BCUT2D eigenvalue weighted by molar-refractivity contribution is -0.139. The van der Waals surface area contributed by atoms with Crippen molar-refractivity contribution < 1.29 is 9.90 Å². The van der Waals surface area contributed by atoms with E-state index in [4.69, 9.17) is 10.8 Å². The molecular weight excluding hydrogens is 246 g/mol. The molecule has 3 N–H and O–H groups in total. The first-order valence-corrected chi connectivity index (χ1v) is 6.90. The summed E-state index contributed by atoms with van der Waals surface area (Å²) in [6.07, 6.45) is 0. The number of hydrogen-bond donors (Lipinski definition) is 2. The Morgan fingerprint density at radius 1 is 1.33 bits per heavy atom. The standard InChI is InChI=1S/C14H21NO2S/c1-9-5-10(2)7-11(6-9)8-18-14(3,4)12(15)13(16)17/h5-7,12H,8,15H2,1-4H3,(H,16,17)/t12-/m1/s1. The molecule has 0 aromatic heterocycles. The van der Waals surface area contributed by atoms with Crippen LogP contribution in [0.5, 0.6) is 0 Å². The van der Waals surface area contributed by atoms with Gasteiger partial charge >= 0.3 is 5.97 Å². The maximum Gasteiger partial charge on any atom is 0.321 e. The molecule has 0 spiro atoms. The largest absolute Gasteiger partial charge is 0.480 e. The zero-order chi connectivity index (χ0) is 13.9. The molecule has 0 saturated carbocycles. The highest BCUT2D eigenvalue weighted by atomic mass is 32.2. The summed E-state index contributed by atoms with van der Waals surface area (Å²) in [4.78, 5) is 10.9. The van der Waals surface area contributed by atoms with Gasteiger partial charge in [-0.3, -0.25) is 4.79 Å². The van der Waals surface area contributed by atoms with Crippen molar-refractivity contribution in [2.24, 2.45) is 5.73 Å². The van der Waals surface area contributed by atoms with Gasteiger partial charge in [0.05, 0.1) is 0 Å². The number of carboxylic acids is 1. The van der Waals surface area contributed by atoms with Gasteiger partial charge in [0.25, 0.3) is 0 Å². The zero-order valence-corrected chi connectivity index (χ0v) is 12.2. The molecule has 0 aliphatic carbocycles. The third-order valence-corrected chi connectivity index (χ3v) is 4.38. The van der Waals surface area contributed by atoms with Gasteiger partial charge in [0.15, 0.2) is 0 Å². The number of nitrogens with two attached hydrogens (primary N) is 1. The molecule has 1 rings (SSSR count). The summed E-state index contributed by atoms with van der Waals surface area (Å²) in [5, 5.41) is 8.96. The van der Waals surface area contributed by atoms with Crippen molar-refractivity contribution in [1.82, 2.24) is 0 Å². The summed E-state index contributed by atoms with van der Waals surface area (Å²) in [6, 6.07) is 5.53. The molecule has 3 nitrogen and oxygen atoms in total. The Hall–Kier alpha value is -1.00. The van der Waals surface area contributed by atoms with E-state index in [-0.39, 0.29) is 0 Å². The van der Waals surface area contributed by atoms with E-state index in [1.807, 2.05) is 13.8 Å². The molecule has 1 aromatic rings. The Morgan fingerprint density at radius 3 is 2.28 bits per heavy atom. The van der Waals surface area contributed by atoms with Gasteiger partial charge in [-0.15, -0.1) is 11.8 Å². The molecule has 0 aliphatic rings. The van der Waals surface area contributed by atoms with E-state index < -0.39 is 16.8 Å². The van der Waals surface area contributed by atoms with Crippen molar-refractivity contribution in [3.05, 3.63) is 34.9 Å². The van der Waals surface area contributed by atoms with E-state index >= 15 is 0 Å². The number of thioether (sulfide) groups is 1. The number of carbonyl (C=O) groups is 1. The Kier molecular flexibility index (Phi) is 4.82. The highest BCUT2D eigenvalue weighted by molar-refractivity contribution is 7.99. The second kappa shape index (κ2) is 5.76. The number of hydrogen-bond acceptors (Lipinski definition) is 3. The summed E-state index contributed by atoms with van der Waals surface area (Å²) in [5.74, 6) is -0.177. The van der Waals surface area contributed by atoms with Gasteiger partial charge in [-0.2, -0.15) is 0 Å². The van der Waals surface area contributed by atoms with Crippen LogP contribution in [0.15, 0.2) is 18.2 Å². The highest BCUT2D eigenvalue weighted by Crippen LogP contribution is 2.31. The lowest BCUT2D eigenvalue weighted by Gasteiger charge is -2.28. The summed E-state index contributed by atoms with van der Waals surface area (Å²) < 4.78 is -0.483. The third kappa shape index (κ3) is 4.03. The molecule has 1 aromatic carbocycles. The smallest absolute Gasteiger partial charge is 0.321 e. The van der Waals surface area contributed by atoms with Gasteiger partial charge in [-0.25, -0.2) is 0 Å². The second-order valence-corrected chi connectivity index (χ2v) is 6.83. The molecule has 1 atom stereocenters. The van der Waals surface area contributed by atoms with Gasteiger partial charge in [-0.05, 0) is 33.3 Å². The number of rotatable bonds is 5. The normalized spacial score (nSPS) is 13.4. The molecule has 0 unspecified atom stereocenters. The first kappa shape index (κ1) is 15.1. The van der Waals surface area contributed by atoms with E-state index in [1.54, 1.807) is 11.8 Å². The Bertz CT molecular complexity index is 423. The zero-order valence-electron chi connectivity index (χ0n) is 11.4. The molecule has 0 bridgehead atoms. The van der Waals surface area contributed by atoms with Crippen LogP contribution in [0, 0.1) is 13.8 Å². The predicted octanol–water partition coefficient (Wildman–Crippen LogP) is 2.73. The number of aryl methyl sites for hydroxylation is 2. The van der Waals surface area contributed by atoms with Crippen LogP contribution in [0.4, 0.5) is 0 Å². The summed E-state index contributed by atoms with van der Waals surface area (Å²) in [6.45, 7) is 7.88. The van der Waals surface area contributed by atoms with Gasteiger partial charge in [0.1, 0.15) is 6.04 Å². The highest BCUT2D eigenvalue weighted by Gasteiger charge is 2.32. The van der Waals surface area contributed by atoms with Crippen molar-refractivity contribution in [3.8, 4) is 0 Å². The second-order valence-electron chi connectivity index (χ2n) is 5.20. The fourth-order valence-corrected chi connectivity index (χ4v) is 2.79. The quantitative estimate of drug-likeness (QED) is 0.861. The van der Waals surface area contributed by atoms with E-state index in [2.05, 4.69) is 32.0 Å². The topological polar surface area (TPSA) is 63.3 Å². The first-order chi connectivity index (χ1) is 8.22. The van der Waals surface area contributed by atoms with E-state index in [1.165, 1.54) is 16.7 Å². The molecule has 18 heavy (non-hydrogen) atoms. The van der Waals surface area contributed by atoms with Crippen LogP contribution in [-0.2, 0) is 10.5 Å². The molecule has 0 fully saturated rings. The Morgan fingerprint density at radius 2 is 1.83 bits per heavy atom. The first-order valence-electron chi connectivity index (χ1n) is 5.92. The number of benzene rings is 1. The third-order valence-electron chi connectivity index (χ3n) is 2.91. The van der Waals surface area contributed by atoms with Crippen LogP contribution in [0.25, 0.3) is 0 Å². The van der Waals surface area contributed by atoms with Crippen LogP contribution < -0.4 is 5.73 Å². The molecule has 0 heterocycles. The molecular formula is C14H21NO2S. The SMILES string of the molecule is Cc1cc(C)cc(CSC(C)(C)[C@H](N)C(=O)O)c1. The Labute approximate surface area is 113 Å². The molecule has 4 heteroatoms. The predicted molar refractivity (Wildman–Crippen MR) is 76.9 cm³/mol. The summed E-state index contributed by atoms with van der Waals surface area (Å²) >= 11 is 1.58. The van der Waals surface area contributed by atoms with Gasteiger partial charge in [-0.1, -0.05) is 29.3 Å². The number of aliphatic carboxylic acids is 1. The maximum atomic E-state index is 10.9. The van der Waals surface area contributed by atoms with Crippen molar-refractivity contribution in [3.63, 3.8) is 0 Å². The van der Waals surface area contributed by atoms with E-state index in [9.17, 15) is 4.79 Å². The van der Waals surface area contributed by atoms with Crippen molar-refractivity contribution in [2.45, 2.75) is 44.2 Å². The average molecular weight is 267 g/mol. The van der Waals surface area contributed by atoms with Gasteiger partial charge in [0.2, 0.25) is 0 Å². The van der Waals surface area contributed by atoms with Crippen LogP contribution in [0.2, 0.25) is 0 Å². The summed E-state index contributed by atoms with van der Waals surface area (Å²) in [5.41, 5.74) is 9.36. The molecule has 0 amide bonds. The lowest BCUT2D eigenvalue weighted by atomic mass is 10.1. The average Bonchev–Trinajstić information content (AvgIpc) is 2.24. The fourth-order valence-electron chi connectivity index (χ4n) is 1.81. The minimum absolute atomic E-state index is 0.483. The molecule has 0 saturated heterocycles. The number of carboxylic acid groups (broad SMARTS) is 1. The maximum absolute atomic E-state index is 10.9. The van der Waals surface area contributed by atoms with E-state index in [0.717, 1.165) is 5.75 Å². The van der Waals surface area contributed by atoms with Crippen LogP contribution >= 0.6 is 11.8 Å².